The number of fused-ring (bicyclic) bond motifs is 1. The van der Waals surface area contributed by atoms with E-state index < -0.39 is 0 Å². The minimum Gasteiger partial charge on any atom is -0.453 e. The molecular weight excluding hydrogens is 256 g/mol. The van der Waals surface area contributed by atoms with Gasteiger partial charge in [-0.3, -0.25) is 9.20 Å². The van der Waals surface area contributed by atoms with E-state index in [1.165, 1.54) is 6.42 Å². The van der Waals surface area contributed by atoms with Crippen LogP contribution in [-0.4, -0.2) is 44.6 Å². The summed E-state index contributed by atoms with van der Waals surface area (Å²) in [5.74, 6) is 0.0184. The highest BCUT2D eigenvalue weighted by molar-refractivity contribution is 5.78. The third kappa shape index (κ3) is 2.45. The number of amides is 1. The normalized spacial score (nSPS) is 19.2. The Kier molecular flexibility index (Phi) is 3.54. The number of pyridine rings is 1. The first-order valence-electron chi connectivity index (χ1n) is 6.98. The Labute approximate surface area is 117 Å². The summed E-state index contributed by atoms with van der Waals surface area (Å²) in [4.78, 5) is 14.1. The van der Waals surface area contributed by atoms with Gasteiger partial charge in [0.2, 0.25) is 0 Å². The van der Waals surface area contributed by atoms with Crippen LogP contribution in [0.4, 0.5) is 0 Å². The zero-order valence-corrected chi connectivity index (χ0v) is 11.5. The topological polar surface area (TPSA) is 59.7 Å². The number of likely N-dealkylation sites (tertiary alicyclic amines) is 1. The highest BCUT2D eigenvalue weighted by atomic mass is 16.5. The number of nitrogens with zero attached hydrogens (tertiary/aromatic N) is 4. The standard InChI is InChI=1S/C14H18N4O2/c1-11-6-2-4-8-17(11)13(19)10-20-14-16-15-12-7-3-5-9-18(12)14/h3,5,7,9,11H,2,4,6,8,10H2,1H3/t11-/m0/s1. The molecule has 2 aromatic heterocycles. The molecule has 3 rings (SSSR count). The number of aromatic nitrogens is 3. The van der Waals surface area contributed by atoms with Crippen molar-refractivity contribution < 1.29 is 9.53 Å². The van der Waals surface area contributed by atoms with Gasteiger partial charge in [-0.05, 0) is 38.3 Å². The van der Waals surface area contributed by atoms with E-state index in [1.54, 1.807) is 4.40 Å². The molecule has 0 spiro atoms. The number of carbonyl (C=O) groups is 1. The van der Waals surface area contributed by atoms with Crippen molar-refractivity contribution in [1.29, 1.82) is 0 Å². The average Bonchev–Trinajstić information content (AvgIpc) is 2.88. The summed E-state index contributed by atoms with van der Waals surface area (Å²) in [5, 5.41) is 7.94. The fourth-order valence-electron chi connectivity index (χ4n) is 2.60. The Hall–Kier alpha value is -2.11. The van der Waals surface area contributed by atoms with Gasteiger partial charge in [0.1, 0.15) is 0 Å². The van der Waals surface area contributed by atoms with Crippen LogP contribution in [0, 0.1) is 0 Å². The van der Waals surface area contributed by atoms with Crippen LogP contribution in [0.5, 0.6) is 6.01 Å². The average molecular weight is 274 g/mol. The number of ether oxygens (including phenoxy) is 1. The molecule has 0 saturated carbocycles. The molecule has 1 amide bonds. The fourth-order valence-corrected chi connectivity index (χ4v) is 2.60. The van der Waals surface area contributed by atoms with Gasteiger partial charge in [-0.15, -0.1) is 5.10 Å². The Balaban J connectivity index is 1.65. The second-order valence-electron chi connectivity index (χ2n) is 5.13. The van der Waals surface area contributed by atoms with Crippen molar-refractivity contribution in [2.75, 3.05) is 13.2 Å². The van der Waals surface area contributed by atoms with E-state index in [0.29, 0.717) is 17.7 Å². The molecule has 0 N–H and O–H groups in total. The zero-order valence-electron chi connectivity index (χ0n) is 11.5. The lowest BCUT2D eigenvalue weighted by Crippen LogP contribution is -2.44. The fraction of sp³-hybridized carbons (Fsp3) is 0.500. The third-order valence-electron chi connectivity index (χ3n) is 3.73. The van der Waals surface area contributed by atoms with Gasteiger partial charge in [0.15, 0.2) is 12.3 Å². The highest BCUT2D eigenvalue weighted by Crippen LogP contribution is 2.17. The Morgan fingerprint density at radius 1 is 1.40 bits per heavy atom. The molecule has 6 heteroatoms. The lowest BCUT2D eigenvalue weighted by molar-refractivity contribution is -0.136. The molecule has 0 aromatic carbocycles. The summed E-state index contributed by atoms with van der Waals surface area (Å²) in [5.41, 5.74) is 0.710. The molecule has 2 aromatic rings. The summed E-state index contributed by atoms with van der Waals surface area (Å²) in [6.45, 7) is 2.92. The molecule has 106 valence electrons. The van der Waals surface area contributed by atoms with Crippen LogP contribution in [0.25, 0.3) is 5.65 Å². The number of carbonyl (C=O) groups excluding carboxylic acids is 1. The van der Waals surface area contributed by atoms with Crippen molar-refractivity contribution in [3.05, 3.63) is 24.4 Å². The minimum absolute atomic E-state index is 0.0139. The SMILES string of the molecule is C[C@H]1CCCCN1C(=O)COc1nnc2ccccn12. The van der Waals surface area contributed by atoms with Gasteiger partial charge in [0.05, 0.1) is 0 Å². The van der Waals surface area contributed by atoms with Crippen molar-refractivity contribution in [1.82, 2.24) is 19.5 Å². The Morgan fingerprint density at radius 3 is 3.15 bits per heavy atom. The Morgan fingerprint density at radius 2 is 2.30 bits per heavy atom. The van der Waals surface area contributed by atoms with E-state index in [4.69, 9.17) is 4.74 Å². The molecule has 1 fully saturated rings. The van der Waals surface area contributed by atoms with E-state index in [2.05, 4.69) is 17.1 Å². The van der Waals surface area contributed by atoms with Crippen LogP contribution in [0.2, 0.25) is 0 Å². The van der Waals surface area contributed by atoms with Crippen molar-refractivity contribution in [3.63, 3.8) is 0 Å². The molecular formula is C14H18N4O2. The summed E-state index contributed by atoms with van der Waals surface area (Å²) in [6.07, 6.45) is 5.16. The summed E-state index contributed by atoms with van der Waals surface area (Å²) >= 11 is 0. The predicted octanol–water partition coefficient (Wildman–Crippen LogP) is 1.51. The van der Waals surface area contributed by atoms with Crippen molar-refractivity contribution in [3.8, 4) is 6.01 Å². The van der Waals surface area contributed by atoms with Gasteiger partial charge in [-0.1, -0.05) is 11.2 Å². The summed E-state index contributed by atoms with van der Waals surface area (Å²) in [6, 6.07) is 6.26. The maximum atomic E-state index is 12.2. The van der Waals surface area contributed by atoms with Gasteiger partial charge >= 0.3 is 6.01 Å². The number of hydrogen-bond donors (Lipinski definition) is 0. The molecule has 0 radical (unpaired) electrons. The number of piperidine rings is 1. The van der Waals surface area contributed by atoms with Gasteiger partial charge in [0, 0.05) is 18.8 Å². The Bertz CT molecular complexity index is 610. The smallest absolute Gasteiger partial charge is 0.322 e. The van der Waals surface area contributed by atoms with Crippen molar-refractivity contribution in [2.45, 2.75) is 32.2 Å². The van der Waals surface area contributed by atoms with Crippen LogP contribution in [-0.2, 0) is 4.79 Å². The van der Waals surface area contributed by atoms with Crippen molar-refractivity contribution >= 4 is 11.6 Å². The molecule has 0 bridgehead atoms. The van der Waals surface area contributed by atoms with Crippen LogP contribution < -0.4 is 4.74 Å². The monoisotopic (exact) mass is 274 g/mol. The minimum atomic E-state index is 0.0139. The lowest BCUT2D eigenvalue weighted by atomic mass is 10.0. The molecule has 3 heterocycles. The predicted molar refractivity (Wildman–Crippen MR) is 73.5 cm³/mol. The zero-order chi connectivity index (χ0) is 13.9. The van der Waals surface area contributed by atoms with Gasteiger partial charge in [-0.25, -0.2) is 0 Å². The first-order chi connectivity index (χ1) is 9.75. The van der Waals surface area contributed by atoms with Crippen molar-refractivity contribution in [2.24, 2.45) is 0 Å². The third-order valence-corrected chi connectivity index (χ3v) is 3.73. The molecule has 0 unspecified atom stereocenters. The van der Waals surface area contributed by atoms with Gasteiger partial charge < -0.3 is 9.64 Å². The number of hydrogen-bond acceptors (Lipinski definition) is 4. The second-order valence-corrected chi connectivity index (χ2v) is 5.13. The lowest BCUT2D eigenvalue weighted by Gasteiger charge is -2.33. The van der Waals surface area contributed by atoms with Crippen LogP contribution >= 0.6 is 0 Å². The van der Waals surface area contributed by atoms with Gasteiger partial charge in [-0.2, -0.15) is 0 Å². The van der Waals surface area contributed by atoms with Crippen LogP contribution in [0.15, 0.2) is 24.4 Å². The molecule has 6 nitrogen and oxygen atoms in total. The first-order valence-corrected chi connectivity index (χ1v) is 6.98. The molecule has 1 atom stereocenters. The maximum absolute atomic E-state index is 12.2. The van der Waals surface area contributed by atoms with E-state index in [-0.39, 0.29) is 12.5 Å². The van der Waals surface area contributed by atoms with Crippen LogP contribution in [0.1, 0.15) is 26.2 Å². The van der Waals surface area contributed by atoms with E-state index in [1.807, 2.05) is 29.3 Å². The van der Waals surface area contributed by atoms with Crippen LogP contribution in [0.3, 0.4) is 0 Å². The van der Waals surface area contributed by atoms with Gasteiger partial charge in [0.25, 0.3) is 5.91 Å². The van der Waals surface area contributed by atoms with E-state index in [0.717, 1.165) is 19.4 Å². The molecule has 1 saturated heterocycles. The summed E-state index contributed by atoms with van der Waals surface area (Å²) < 4.78 is 7.25. The largest absolute Gasteiger partial charge is 0.453 e. The van der Waals surface area contributed by atoms with E-state index >= 15 is 0 Å². The molecule has 0 aliphatic carbocycles. The second kappa shape index (κ2) is 5.48. The van der Waals surface area contributed by atoms with E-state index in [9.17, 15) is 4.79 Å². The number of rotatable bonds is 3. The first kappa shape index (κ1) is 12.9. The molecule has 1 aliphatic heterocycles. The molecule has 1 aliphatic rings. The summed E-state index contributed by atoms with van der Waals surface area (Å²) in [7, 11) is 0. The highest BCUT2D eigenvalue weighted by Gasteiger charge is 2.23. The quantitative estimate of drug-likeness (QED) is 0.851. The molecule has 20 heavy (non-hydrogen) atoms. The maximum Gasteiger partial charge on any atom is 0.322 e.